The number of para-hydroxylation sites is 2. The van der Waals surface area contributed by atoms with Crippen LogP contribution in [0.1, 0.15) is 32.8 Å². The molecule has 0 bridgehead atoms. The Balaban J connectivity index is 1.91. The highest BCUT2D eigenvalue weighted by atomic mass is 15.0. The van der Waals surface area contributed by atoms with Crippen molar-refractivity contribution in [1.29, 1.82) is 0 Å². The SMILES string of the molecule is CCC(C)(C)Cc1ccc(-n2cnc3ccccc32)cc1. The van der Waals surface area contributed by atoms with Gasteiger partial charge in [-0.2, -0.15) is 0 Å². The van der Waals surface area contributed by atoms with E-state index >= 15 is 0 Å². The van der Waals surface area contributed by atoms with Crippen LogP contribution < -0.4 is 0 Å². The van der Waals surface area contributed by atoms with Gasteiger partial charge in [-0.15, -0.1) is 0 Å². The highest BCUT2D eigenvalue weighted by Gasteiger charge is 2.15. The molecular weight excluding hydrogens is 256 g/mol. The molecule has 3 rings (SSSR count). The second kappa shape index (κ2) is 5.36. The Kier molecular flexibility index (Phi) is 3.54. The summed E-state index contributed by atoms with van der Waals surface area (Å²) >= 11 is 0. The molecule has 0 saturated carbocycles. The Bertz CT molecular complexity index is 736. The first-order chi connectivity index (χ1) is 10.1. The minimum Gasteiger partial charge on any atom is -0.299 e. The fourth-order valence-electron chi connectivity index (χ4n) is 2.62. The van der Waals surface area contributed by atoms with Crippen molar-refractivity contribution in [3.05, 3.63) is 60.4 Å². The summed E-state index contributed by atoms with van der Waals surface area (Å²) in [6.07, 6.45) is 4.21. The fraction of sp³-hybridized carbons (Fsp3) is 0.316. The van der Waals surface area contributed by atoms with E-state index in [-0.39, 0.29) is 0 Å². The minimum atomic E-state index is 0.364. The summed E-state index contributed by atoms with van der Waals surface area (Å²) in [6, 6.07) is 17.1. The van der Waals surface area contributed by atoms with E-state index < -0.39 is 0 Å². The van der Waals surface area contributed by atoms with Gasteiger partial charge >= 0.3 is 0 Å². The standard InChI is InChI=1S/C19H22N2/c1-4-19(2,3)13-15-9-11-16(12-10-15)21-14-20-17-7-5-6-8-18(17)21/h5-12,14H,4,13H2,1-3H3. The van der Waals surface area contributed by atoms with Crippen LogP contribution in [0.5, 0.6) is 0 Å². The van der Waals surface area contributed by atoms with E-state index in [2.05, 4.69) is 66.7 Å². The topological polar surface area (TPSA) is 17.8 Å². The summed E-state index contributed by atoms with van der Waals surface area (Å²) in [7, 11) is 0. The molecule has 0 unspecified atom stereocenters. The minimum absolute atomic E-state index is 0.364. The van der Waals surface area contributed by atoms with E-state index in [9.17, 15) is 0 Å². The van der Waals surface area contributed by atoms with Crippen LogP contribution in [0.4, 0.5) is 0 Å². The van der Waals surface area contributed by atoms with Gasteiger partial charge in [0.2, 0.25) is 0 Å². The average molecular weight is 278 g/mol. The van der Waals surface area contributed by atoms with Crippen LogP contribution in [0.15, 0.2) is 54.9 Å². The number of hydrogen-bond donors (Lipinski definition) is 0. The molecule has 0 radical (unpaired) electrons. The second-order valence-electron chi connectivity index (χ2n) is 6.46. The first-order valence-corrected chi connectivity index (χ1v) is 7.60. The van der Waals surface area contributed by atoms with Crippen LogP contribution in [-0.4, -0.2) is 9.55 Å². The highest BCUT2D eigenvalue weighted by molar-refractivity contribution is 5.77. The lowest BCUT2D eigenvalue weighted by Crippen LogP contribution is -2.13. The van der Waals surface area contributed by atoms with Crippen LogP contribution in [0.25, 0.3) is 16.7 Å². The van der Waals surface area contributed by atoms with Crippen LogP contribution in [-0.2, 0) is 6.42 Å². The van der Waals surface area contributed by atoms with Gasteiger partial charge in [0, 0.05) is 5.69 Å². The lowest BCUT2D eigenvalue weighted by molar-refractivity contribution is 0.349. The van der Waals surface area contributed by atoms with E-state index in [4.69, 9.17) is 0 Å². The summed E-state index contributed by atoms with van der Waals surface area (Å²) in [5.41, 5.74) is 5.12. The number of imidazole rings is 1. The maximum Gasteiger partial charge on any atom is 0.100 e. The number of aromatic nitrogens is 2. The van der Waals surface area contributed by atoms with Gasteiger partial charge in [-0.3, -0.25) is 4.57 Å². The Hall–Kier alpha value is -2.09. The Morgan fingerprint density at radius 3 is 2.43 bits per heavy atom. The largest absolute Gasteiger partial charge is 0.299 e. The van der Waals surface area contributed by atoms with E-state index in [0.29, 0.717) is 5.41 Å². The quantitative estimate of drug-likeness (QED) is 0.656. The van der Waals surface area contributed by atoms with Crippen LogP contribution >= 0.6 is 0 Å². The zero-order valence-corrected chi connectivity index (χ0v) is 13.0. The van der Waals surface area contributed by atoms with Crippen molar-refractivity contribution in [2.75, 3.05) is 0 Å². The number of fused-ring (bicyclic) bond motifs is 1. The van der Waals surface area contributed by atoms with Gasteiger partial charge < -0.3 is 0 Å². The van der Waals surface area contributed by atoms with E-state index in [0.717, 1.165) is 17.5 Å². The number of benzene rings is 2. The molecule has 0 aliphatic heterocycles. The Labute approximate surface area is 126 Å². The Morgan fingerprint density at radius 1 is 1.00 bits per heavy atom. The lowest BCUT2D eigenvalue weighted by atomic mass is 9.83. The van der Waals surface area contributed by atoms with Crippen molar-refractivity contribution in [2.45, 2.75) is 33.6 Å². The summed E-state index contributed by atoms with van der Waals surface area (Å²) in [4.78, 5) is 4.45. The number of hydrogen-bond acceptors (Lipinski definition) is 1. The van der Waals surface area contributed by atoms with Gasteiger partial charge in [-0.05, 0) is 41.7 Å². The Morgan fingerprint density at radius 2 is 1.71 bits per heavy atom. The molecule has 0 aliphatic carbocycles. The maximum absolute atomic E-state index is 4.45. The molecule has 0 saturated heterocycles. The monoisotopic (exact) mass is 278 g/mol. The summed E-state index contributed by atoms with van der Waals surface area (Å²) in [5, 5.41) is 0. The first kappa shape index (κ1) is 13.9. The maximum atomic E-state index is 4.45. The average Bonchev–Trinajstić information content (AvgIpc) is 2.92. The van der Waals surface area contributed by atoms with Gasteiger partial charge in [0.1, 0.15) is 6.33 Å². The van der Waals surface area contributed by atoms with Crippen LogP contribution in [0.2, 0.25) is 0 Å². The van der Waals surface area contributed by atoms with Gasteiger partial charge in [0.15, 0.2) is 0 Å². The molecule has 1 heterocycles. The molecule has 0 atom stereocenters. The molecule has 2 aromatic carbocycles. The molecule has 0 N–H and O–H groups in total. The molecule has 21 heavy (non-hydrogen) atoms. The van der Waals surface area contributed by atoms with E-state index in [1.807, 2.05) is 18.5 Å². The molecular formula is C19H22N2. The summed E-state index contributed by atoms with van der Waals surface area (Å²) < 4.78 is 2.14. The van der Waals surface area contributed by atoms with Crippen molar-refractivity contribution in [3.63, 3.8) is 0 Å². The number of nitrogens with zero attached hydrogens (tertiary/aromatic N) is 2. The lowest BCUT2D eigenvalue weighted by Gasteiger charge is -2.22. The van der Waals surface area contributed by atoms with Gasteiger partial charge in [-0.25, -0.2) is 4.98 Å². The smallest absolute Gasteiger partial charge is 0.100 e. The van der Waals surface area contributed by atoms with Crippen molar-refractivity contribution >= 4 is 11.0 Å². The van der Waals surface area contributed by atoms with Crippen molar-refractivity contribution in [3.8, 4) is 5.69 Å². The third-order valence-electron chi connectivity index (χ3n) is 4.31. The fourth-order valence-corrected chi connectivity index (χ4v) is 2.62. The zero-order chi connectivity index (χ0) is 14.9. The van der Waals surface area contributed by atoms with E-state index in [1.165, 1.54) is 17.7 Å². The number of rotatable bonds is 4. The zero-order valence-electron chi connectivity index (χ0n) is 13.0. The summed E-state index contributed by atoms with van der Waals surface area (Å²) in [5.74, 6) is 0. The first-order valence-electron chi connectivity index (χ1n) is 7.60. The van der Waals surface area contributed by atoms with Crippen LogP contribution in [0.3, 0.4) is 0 Å². The molecule has 2 heteroatoms. The summed E-state index contributed by atoms with van der Waals surface area (Å²) in [6.45, 7) is 6.90. The van der Waals surface area contributed by atoms with Gasteiger partial charge in [0.05, 0.1) is 11.0 Å². The molecule has 0 fully saturated rings. The van der Waals surface area contributed by atoms with Crippen LogP contribution in [0, 0.1) is 5.41 Å². The molecule has 2 nitrogen and oxygen atoms in total. The van der Waals surface area contributed by atoms with Crippen molar-refractivity contribution in [1.82, 2.24) is 9.55 Å². The normalized spacial score (nSPS) is 12.0. The predicted octanol–water partition coefficient (Wildman–Crippen LogP) is 5.00. The third kappa shape index (κ3) is 2.85. The third-order valence-corrected chi connectivity index (χ3v) is 4.31. The molecule has 1 aromatic heterocycles. The second-order valence-corrected chi connectivity index (χ2v) is 6.46. The predicted molar refractivity (Wildman–Crippen MR) is 88.8 cm³/mol. The van der Waals surface area contributed by atoms with Crippen molar-refractivity contribution in [2.24, 2.45) is 5.41 Å². The molecule has 0 amide bonds. The highest BCUT2D eigenvalue weighted by Crippen LogP contribution is 2.26. The molecule has 0 aliphatic rings. The van der Waals surface area contributed by atoms with Crippen molar-refractivity contribution < 1.29 is 0 Å². The molecule has 3 aromatic rings. The van der Waals surface area contributed by atoms with E-state index in [1.54, 1.807) is 0 Å². The van der Waals surface area contributed by atoms with Gasteiger partial charge in [0.25, 0.3) is 0 Å². The molecule has 0 spiro atoms. The van der Waals surface area contributed by atoms with Gasteiger partial charge in [-0.1, -0.05) is 51.5 Å². The molecule has 108 valence electrons.